The molecule has 0 aliphatic carbocycles. The second kappa shape index (κ2) is 10.4. The van der Waals surface area contributed by atoms with E-state index >= 15 is 0 Å². The normalized spacial score (nSPS) is 23.8. The number of hydrogen-bond acceptors (Lipinski definition) is 5. The molecule has 3 aliphatic heterocycles. The van der Waals surface area contributed by atoms with Gasteiger partial charge in [0.1, 0.15) is 0 Å². The number of nitrogens with zero attached hydrogens (tertiary/aromatic N) is 3. The smallest absolute Gasteiger partial charge is 0.475 e. The SMILES string of the molecule is CC(C)NC(=O)N1CCC2(CC1)CN(Cc1cccnc1)CC21CCNC1=O.O=C(O)C(F)(F)F. The highest BCUT2D eigenvalue weighted by Crippen LogP contribution is 2.56. The molecule has 35 heavy (non-hydrogen) atoms. The van der Waals surface area contributed by atoms with E-state index in [1.807, 2.05) is 31.0 Å². The highest BCUT2D eigenvalue weighted by molar-refractivity contribution is 5.86. The van der Waals surface area contributed by atoms with Crippen LogP contribution in [0.5, 0.6) is 0 Å². The van der Waals surface area contributed by atoms with Crippen molar-refractivity contribution < 1.29 is 32.7 Å². The maximum atomic E-state index is 13.0. The highest BCUT2D eigenvalue weighted by Gasteiger charge is 2.63. The minimum atomic E-state index is -5.08. The first-order valence-corrected chi connectivity index (χ1v) is 11.6. The van der Waals surface area contributed by atoms with Crippen LogP contribution in [0.1, 0.15) is 38.7 Å². The van der Waals surface area contributed by atoms with E-state index in [0.29, 0.717) is 13.1 Å². The van der Waals surface area contributed by atoms with Crippen molar-refractivity contribution >= 4 is 17.9 Å². The number of piperidine rings is 1. The molecule has 3 saturated heterocycles. The van der Waals surface area contributed by atoms with E-state index in [9.17, 15) is 22.8 Å². The largest absolute Gasteiger partial charge is 0.490 e. The zero-order chi connectivity index (χ0) is 25.9. The third kappa shape index (κ3) is 5.85. The quantitative estimate of drug-likeness (QED) is 0.588. The summed E-state index contributed by atoms with van der Waals surface area (Å²) in [4.78, 5) is 42.9. The second-order valence-corrected chi connectivity index (χ2v) is 9.77. The Morgan fingerprint density at radius 2 is 1.89 bits per heavy atom. The number of carboxylic acid groups (broad SMARTS) is 1. The third-order valence-corrected chi connectivity index (χ3v) is 7.10. The van der Waals surface area contributed by atoms with Gasteiger partial charge in [-0.15, -0.1) is 0 Å². The number of halogens is 3. The summed E-state index contributed by atoms with van der Waals surface area (Å²) in [6, 6.07) is 4.21. The Kier molecular flexibility index (Phi) is 7.93. The minimum Gasteiger partial charge on any atom is -0.475 e. The number of rotatable bonds is 3. The summed E-state index contributed by atoms with van der Waals surface area (Å²) in [7, 11) is 0. The summed E-state index contributed by atoms with van der Waals surface area (Å²) in [5.41, 5.74) is 0.807. The van der Waals surface area contributed by atoms with Crippen molar-refractivity contribution in [3.63, 3.8) is 0 Å². The summed E-state index contributed by atoms with van der Waals surface area (Å²) in [6.07, 6.45) is 1.28. The van der Waals surface area contributed by atoms with Gasteiger partial charge in [-0.05, 0) is 44.7 Å². The van der Waals surface area contributed by atoms with Crippen LogP contribution in [0, 0.1) is 10.8 Å². The monoisotopic (exact) mass is 499 g/mol. The van der Waals surface area contributed by atoms with Gasteiger partial charge < -0.3 is 20.6 Å². The molecule has 1 aromatic rings. The van der Waals surface area contributed by atoms with Crippen molar-refractivity contribution in [2.24, 2.45) is 10.8 Å². The summed E-state index contributed by atoms with van der Waals surface area (Å²) < 4.78 is 31.7. The van der Waals surface area contributed by atoms with Crippen LogP contribution in [0.3, 0.4) is 0 Å². The first-order valence-electron chi connectivity index (χ1n) is 11.6. The van der Waals surface area contributed by atoms with Gasteiger partial charge in [-0.3, -0.25) is 14.7 Å². The lowest BCUT2D eigenvalue weighted by atomic mass is 9.60. The zero-order valence-corrected chi connectivity index (χ0v) is 19.9. The Hall–Kier alpha value is -2.89. The number of likely N-dealkylation sites (tertiary alicyclic amines) is 2. The molecule has 4 rings (SSSR count). The van der Waals surface area contributed by atoms with Gasteiger partial charge >= 0.3 is 18.2 Å². The molecule has 1 aromatic heterocycles. The van der Waals surface area contributed by atoms with Gasteiger partial charge in [0.25, 0.3) is 0 Å². The van der Waals surface area contributed by atoms with Gasteiger partial charge in [0.05, 0.1) is 5.41 Å². The van der Waals surface area contributed by atoms with Crippen LogP contribution in [-0.4, -0.2) is 82.7 Å². The van der Waals surface area contributed by atoms with Gasteiger partial charge in [0, 0.05) is 63.1 Å². The fraction of sp³-hybridized carbons (Fsp3) is 0.652. The Balaban J connectivity index is 0.000000429. The Bertz CT molecular complexity index is 919. The van der Waals surface area contributed by atoms with Crippen molar-refractivity contribution in [2.45, 2.75) is 51.9 Å². The van der Waals surface area contributed by atoms with Crippen molar-refractivity contribution in [3.8, 4) is 0 Å². The van der Waals surface area contributed by atoms with E-state index in [4.69, 9.17) is 9.90 Å². The fourth-order valence-electron chi connectivity index (χ4n) is 5.49. The number of amides is 3. The van der Waals surface area contributed by atoms with E-state index in [-0.39, 0.29) is 28.8 Å². The van der Waals surface area contributed by atoms with Crippen molar-refractivity contribution in [1.82, 2.24) is 25.4 Å². The zero-order valence-electron chi connectivity index (χ0n) is 19.9. The highest BCUT2D eigenvalue weighted by atomic mass is 19.4. The number of pyridine rings is 1. The number of hydrogen-bond donors (Lipinski definition) is 3. The second-order valence-electron chi connectivity index (χ2n) is 9.77. The van der Waals surface area contributed by atoms with E-state index in [1.54, 1.807) is 6.20 Å². The van der Waals surface area contributed by atoms with Gasteiger partial charge in [-0.25, -0.2) is 9.59 Å². The molecular formula is C23H32F3N5O4. The number of carbonyl (C=O) groups excluding carboxylic acids is 2. The summed E-state index contributed by atoms with van der Waals surface area (Å²) in [5.74, 6) is -2.55. The molecule has 4 heterocycles. The number of aromatic nitrogens is 1. The molecule has 1 unspecified atom stereocenters. The number of nitrogens with one attached hydrogen (secondary N) is 2. The third-order valence-electron chi connectivity index (χ3n) is 7.10. The molecule has 3 amide bonds. The molecular weight excluding hydrogens is 467 g/mol. The van der Waals surface area contributed by atoms with Crippen molar-refractivity contribution in [1.29, 1.82) is 0 Å². The maximum absolute atomic E-state index is 13.0. The molecule has 3 aliphatic rings. The predicted octanol–water partition coefficient (Wildman–Crippen LogP) is 2.24. The van der Waals surface area contributed by atoms with Gasteiger partial charge in [0.15, 0.2) is 0 Å². The van der Waals surface area contributed by atoms with Crippen molar-refractivity contribution in [2.75, 3.05) is 32.7 Å². The molecule has 3 N–H and O–H groups in total. The molecule has 0 aromatic carbocycles. The van der Waals surface area contributed by atoms with Crippen LogP contribution in [0.2, 0.25) is 0 Å². The molecule has 12 heteroatoms. The molecule has 3 fully saturated rings. The fourth-order valence-corrected chi connectivity index (χ4v) is 5.49. The lowest BCUT2D eigenvalue weighted by Crippen LogP contribution is -2.55. The molecule has 9 nitrogen and oxygen atoms in total. The Labute approximate surface area is 202 Å². The van der Waals surface area contributed by atoms with Crippen molar-refractivity contribution in [3.05, 3.63) is 30.1 Å². The van der Waals surface area contributed by atoms with Crippen LogP contribution in [0.4, 0.5) is 18.0 Å². The predicted molar refractivity (Wildman–Crippen MR) is 120 cm³/mol. The van der Waals surface area contributed by atoms with Gasteiger partial charge in [0.2, 0.25) is 5.91 Å². The molecule has 0 radical (unpaired) electrons. The minimum absolute atomic E-state index is 0.0139. The van der Waals surface area contributed by atoms with E-state index in [1.165, 1.54) is 5.56 Å². The first-order chi connectivity index (χ1) is 16.4. The number of urea groups is 1. The average molecular weight is 500 g/mol. The number of carbonyl (C=O) groups is 3. The number of carboxylic acids is 1. The summed E-state index contributed by atoms with van der Waals surface area (Å²) in [5, 5.41) is 13.2. The van der Waals surface area contributed by atoms with Crippen LogP contribution in [0.15, 0.2) is 24.5 Å². The van der Waals surface area contributed by atoms with Gasteiger partial charge in [-0.1, -0.05) is 6.07 Å². The lowest BCUT2D eigenvalue weighted by Gasteiger charge is -2.46. The van der Waals surface area contributed by atoms with Crippen LogP contribution in [0.25, 0.3) is 0 Å². The molecule has 0 saturated carbocycles. The van der Waals surface area contributed by atoms with Gasteiger partial charge in [-0.2, -0.15) is 13.2 Å². The average Bonchev–Trinajstić information content (AvgIpc) is 3.29. The number of aliphatic carboxylic acids is 1. The molecule has 0 bridgehead atoms. The molecule has 194 valence electrons. The number of fused-ring (bicyclic) bond motifs is 1. The van der Waals surface area contributed by atoms with E-state index < -0.39 is 12.1 Å². The molecule has 2 spiro atoms. The first kappa shape index (κ1) is 26.7. The number of alkyl halides is 3. The van der Waals surface area contributed by atoms with Crippen LogP contribution in [-0.2, 0) is 16.1 Å². The summed E-state index contributed by atoms with van der Waals surface area (Å²) in [6.45, 7) is 8.69. The summed E-state index contributed by atoms with van der Waals surface area (Å²) >= 11 is 0. The Morgan fingerprint density at radius 1 is 1.23 bits per heavy atom. The van der Waals surface area contributed by atoms with Crippen LogP contribution >= 0.6 is 0 Å². The maximum Gasteiger partial charge on any atom is 0.490 e. The molecule has 1 atom stereocenters. The van der Waals surface area contributed by atoms with E-state index in [2.05, 4.69) is 26.6 Å². The van der Waals surface area contributed by atoms with E-state index in [0.717, 1.165) is 45.4 Å². The topological polar surface area (TPSA) is 115 Å². The van der Waals surface area contributed by atoms with Crippen LogP contribution < -0.4 is 10.6 Å². The lowest BCUT2D eigenvalue weighted by molar-refractivity contribution is -0.192. The Morgan fingerprint density at radius 3 is 2.37 bits per heavy atom. The standard InChI is InChI=1S/C21H31N5O2.C2HF3O2/c1-16(2)24-19(28)26-10-6-20(7-11-26)14-25(13-17-4-3-8-22-12-17)15-21(20)5-9-23-18(21)27;3-2(4,5)1(6)7/h3-4,8,12,16H,5-7,9-11,13-15H2,1-2H3,(H,23,27)(H,24,28);(H,6,7).